The van der Waals surface area contributed by atoms with E-state index < -0.39 is 18.2 Å². The summed E-state index contributed by atoms with van der Waals surface area (Å²) in [6.45, 7) is 0. The lowest BCUT2D eigenvalue weighted by Gasteiger charge is -2.08. The average Bonchev–Trinajstić information content (AvgIpc) is 2.39. The van der Waals surface area contributed by atoms with Crippen molar-refractivity contribution in [1.29, 1.82) is 0 Å². The molecule has 0 saturated heterocycles. The zero-order chi connectivity index (χ0) is 14.9. The van der Waals surface area contributed by atoms with E-state index in [9.17, 15) is 9.18 Å². The van der Waals surface area contributed by atoms with Crippen molar-refractivity contribution >= 4 is 40.8 Å². The zero-order valence-corrected chi connectivity index (χ0v) is 12.1. The molecule has 0 atom stereocenters. The molecule has 20 heavy (non-hydrogen) atoms. The van der Waals surface area contributed by atoms with Gasteiger partial charge in [0.1, 0.15) is 5.82 Å². The van der Waals surface area contributed by atoms with Crippen LogP contribution in [0.25, 0.3) is 11.3 Å². The number of carboxylic acids is 1. The van der Waals surface area contributed by atoms with Crippen molar-refractivity contribution in [3.8, 4) is 11.3 Å². The van der Waals surface area contributed by atoms with Crippen LogP contribution >= 0.6 is 34.8 Å². The molecule has 0 saturated carbocycles. The molecular formula is C13H7Cl3FNO2. The van der Waals surface area contributed by atoms with Crippen LogP contribution in [0.2, 0.25) is 15.1 Å². The normalized spacial score (nSPS) is 10.6. The Morgan fingerprint density at radius 2 is 1.95 bits per heavy atom. The van der Waals surface area contributed by atoms with E-state index in [0.29, 0.717) is 11.3 Å². The number of pyridine rings is 1. The molecule has 3 nitrogen and oxygen atoms in total. The summed E-state index contributed by atoms with van der Waals surface area (Å²) in [5.74, 6) is -1.83. The summed E-state index contributed by atoms with van der Waals surface area (Å²) in [4.78, 5) is 14.6. The fourth-order valence-electron chi connectivity index (χ4n) is 1.65. The molecule has 1 N–H and O–H groups in total. The van der Waals surface area contributed by atoms with E-state index in [-0.39, 0.29) is 20.6 Å². The summed E-state index contributed by atoms with van der Waals surface area (Å²) in [5, 5.41) is 9.37. The number of aromatic nitrogens is 1. The highest BCUT2D eigenvalue weighted by Crippen LogP contribution is 2.37. The van der Waals surface area contributed by atoms with E-state index >= 15 is 0 Å². The number of rotatable bonds is 3. The maximum atomic E-state index is 13.5. The number of carbonyl (C=O) groups is 1. The molecule has 1 aromatic carbocycles. The van der Waals surface area contributed by atoms with Gasteiger partial charge in [0.25, 0.3) is 0 Å². The number of aliphatic carboxylic acids is 1. The van der Waals surface area contributed by atoms with Gasteiger partial charge >= 0.3 is 5.97 Å². The number of halogens is 4. The standard InChI is InChI=1S/C13H7Cl3FNO2/c14-8-2-1-7(12(15)13(8)16)10-3-6(4-11(19)20)9(17)5-18-10/h1-3,5H,4H2,(H,19,20). The summed E-state index contributed by atoms with van der Waals surface area (Å²) in [6, 6.07) is 4.45. The summed E-state index contributed by atoms with van der Waals surface area (Å²) >= 11 is 17.8. The van der Waals surface area contributed by atoms with E-state index in [1.54, 1.807) is 6.07 Å². The SMILES string of the molecule is O=C(O)Cc1cc(-c2ccc(Cl)c(Cl)c2Cl)ncc1F. The average molecular weight is 335 g/mol. The highest BCUT2D eigenvalue weighted by Gasteiger charge is 2.14. The van der Waals surface area contributed by atoms with Crippen LogP contribution in [-0.4, -0.2) is 16.1 Å². The van der Waals surface area contributed by atoms with Crippen LogP contribution in [0.1, 0.15) is 5.56 Å². The second-order valence-corrected chi connectivity index (χ2v) is 5.12. The van der Waals surface area contributed by atoms with Gasteiger partial charge in [-0.1, -0.05) is 34.8 Å². The van der Waals surface area contributed by atoms with Crippen LogP contribution in [0.5, 0.6) is 0 Å². The number of benzene rings is 1. The molecule has 0 bridgehead atoms. The van der Waals surface area contributed by atoms with Crippen LogP contribution < -0.4 is 0 Å². The Hall–Kier alpha value is -1.36. The number of nitrogens with zero attached hydrogens (tertiary/aromatic N) is 1. The van der Waals surface area contributed by atoms with Gasteiger partial charge in [-0.25, -0.2) is 4.39 Å². The van der Waals surface area contributed by atoms with Crippen molar-refractivity contribution in [3.05, 3.63) is 50.8 Å². The molecule has 7 heteroatoms. The van der Waals surface area contributed by atoms with Gasteiger partial charge in [0.2, 0.25) is 0 Å². The molecule has 1 heterocycles. The molecule has 104 valence electrons. The zero-order valence-electron chi connectivity index (χ0n) is 9.83. The van der Waals surface area contributed by atoms with Gasteiger partial charge in [0.05, 0.1) is 33.4 Å². The van der Waals surface area contributed by atoms with Gasteiger partial charge in [-0.05, 0) is 18.2 Å². The second kappa shape index (κ2) is 5.95. The number of carboxylic acid groups (broad SMARTS) is 1. The second-order valence-electron chi connectivity index (χ2n) is 3.95. The number of hydrogen-bond donors (Lipinski definition) is 1. The van der Waals surface area contributed by atoms with Gasteiger partial charge in [-0.15, -0.1) is 0 Å². The third kappa shape index (κ3) is 3.03. The molecule has 1 aromatic heterocycles. The first-order valence-electron chi connectivity index (χ1n) is 5.40. The van der Waals surface area contributed by atoms with Crippen LogP contribution in [0, 0.1) is 5.82 Å². The van der Waals surface area contributed by atoms with E-state index in [2.05, 4.69) is 4.98 Å². The van der Waals surface area contributed by atoms with E-state index in [0.717, 1.165) is 6.20 Å². The van der Waals surface area contributed by atoms with Gasteiger partial charge in [0.15, 0.2) is 0 Å². The first-order chi connectivity index (χ1) is 9.40. The molecule has 0 aliphatic rings. The Kier molecular flexibility index (Phi) is 4.48. The summed E-state index contributed by atoms with van der Waals surface area (Å²) in [5.41, 5.74) is 0.795. The molecule has 0 amide bonds. The van der Waals surface area contributed by atoms with Crippen LogP contribution in [0.3, 0.4) is 0 Å². The van der Waals surface area contributed by atoms with Crippen molar-refractivity contribution in [1.82, 2.24) is 4.98 Å². The first-order valence-corrected chi connectivity index (χ1v) is 6.53. The fraction of sp³-hybridized carbons (Fsp3) is 0.0769. The molecule has 0 aliphatic carbocycles. The van der Waals surface area contributed by atoms with Crippen molar-refractivity contribution in [2.75, 3.05) is 0 Å². The largest absolute Gasteiger partial charge is 0.481 e. The third-order valence-electron chi connectivity index (χ3n) is 2.59. The molecule has 2 aromatic rings. The van der Waals surface area contributed by atoms with Gasteiger partial charge in [-0.2, -0.15) is 0 Å². The molecule has 0 aliphatic heterocycles. The lowest BCUT2D eigenvalue weighted by Crippen LogP contribution is -2.03. The third-order valence-corrected chi connectivity index (χ3v) is 3.88. The molecule has 0 spiro atoms. The van der Waals surface area contributed by atoms with Crippen molar-refractivity contribution in [2.45, 2.75) is 6.42 Å². The predicted octanol–water partition coefficient (Wildman–Crippen LogP) is 4.48. The Bertz CT molecular complexity index is 692. The highest BCUT2D eigenvalue weighted by molar-refractivity contribution is 6.49. The van der Waals surface area contributed by atoms with Crippen molar-refractivity contribution in [3.63, 3.8) is 0 Å². The van der Waals surface area contributed by atoms with E-state index in [4.69, 9.17) is 39.9 Å². The molecule has 0 radical (unpaired) electrons. The maximum Gasteiger partial charge on any atom is 0.307 e. The summed E-state index contributed by atoms with van der Waals surface area (Å²) in [7, 11) is 0. The van der Waals surface area contributed by atoms with E-state index in [1.165, 1.54) is 12.1 Å². The van der Waals surface area contributed by atoms with Crippen LogP contribution in [0.4, 0.5) is 4.39 Å². The van der Waals surface area contributed by atoms with Crippen LogP contribution in [-0.2, 0) is 11.2 Å². The monoisotopic (exact) mass is 333 g/mol. The quantitative estimate of drug-likeness (QED) is 0.842. The fourth-order valence-corrected chi connectivity index (χ4v) is 2.28. The predicted molar refractivity (Wildman–Crippen MR) is 76.0 cm³/mol. The lowest BCUT2D eigenvalue weighted by atomic mass is 10.1. The smallest absolute Gasteiger partial charge is 0.307 e. The molecule has 0 unspecified atom stereocenters. The Balaban J connectivity index is 2.54. The molecular weight excluding hydrogens is 328 g/mol. The topological polar surface area (TPSA) is 50.2 Å². The Morgan fingerprint density at radius 1 is 1.25 bits per heavy atom. The Labute approximate surface area is 128 Å². The highest BCUT2D eigenvalue weighted by atomic mass is 35.5. The van der Waals surface area contributed by atoms with Crippen molar-refractivity contribution in [2.24, 2.45) is 0 Å². The van der Waals surface area contributed by atoms with E-state index in [1.807, 2.05) is 0 Å². The maximum absolute atomic E-state index is 13.5. The molecule has 2 rings (SSSR count). The Morgan fingerprint density at radius 3 is 2.60 bits per heavy atom. The van der Waals surface area contributed by atoms with Gasteiger partial charge < -0.3 is 5.11 Å². The minimum absolute atomic E-state index is 0.0182. The lowest BCUT2D eigenvalue weighted by molar-refractivity contribution is -0.136. The van der Waals surface area contributed by atoms with Crippen molar-refractivity contribution < 1.29 is 14.3 Å². The summed E-state index contributed by atoms with van der Waals surface area (Å²) < 4.78 is 13.5. The first kappa shape index (κ1) is 15.0. The minimum atomic E-state index is -1.14. The summed E-state index contributed by atoms with van der Waals surface area (Å²) in [6.07, 6.45) is 0.507. The molecule has 0 fully saturated rings. The minimum Gasteiger partial charge on any atom is -0.481 e. The van der Waals surface area contributed by atoms with Gasteiger partial charge in [0, 0.05) is 11.1 Å². The van der Waals surface area contributed by atoms with Gasteiger partial charge in [-0.3, -0.25) is 9.78 Å². The number of hydrogen-bond acceptors (Lipinski definition) is 2. The van der Waals surface area contributed by atoms with Crippen LogP contribution in [0.15, 0.2) is 24.4 Å².